The predicted molar refractivity (Wildman–Crippen MR) is 162 cm³/mol. The molecular weight excluding hydrogens is 466 g/mol. The first-order chi connectivity index (χ1) is 18.7. The van der Waals surface area contributed by atoms with Gasteiger partial charge in [0.2, 0.25) is 0 Å². The highest BCUT2D eigenvalue weighted by Crippen LogP contribution is 2.33. The summed E-state index contributed by atoms with van der Waals surface area (Å²) in [5.41, 5.74) is 10.5. The number of H-pyrrole nitrogens is 1. The molecule has 2 aromatic carbocycles. The number of hydrogen-bond acceptors (Lipinski definition) is 4. The first kappa shape index (κ1) is 27.7. The fourth-order valence-electron chi connectivity index (χ4n) is 5.14. The number of hydrogen-bond donors (Lipinski definition) is 3. The molecule has 0 spiro atoms. The van der Waals surface area contributed by atoms with E-state index in [-0.39, 0.29) is 0 Å². The summed E-state index contributed by atoms with van der Waals surface area (Å²) in [6, 6.07) is 16.6. The van der Waals surface area contributed by atoms with Crippen LogP contribution in [0.3, 0.4) is 0 Å². The van der Waals surface area contributed by atoms with Crippen molar-refractivity contribution >= 4 is 33.4 Å². The number of pyridine rings is 1. The van der Waals surface area contributed by atoms with E-state index in [1.807, 2.05) is 6.07 Å². The standard InChI is InChI=1S/C33H43N5/c1-3-16-26(17-4-2)32-37-30-28-21-12-13-22-29(28)36-33(31(30)38-32)35-27-20-15-19-25(24-27)18-11-9-7-5-6-8-10-14-23-34/h12-13,15,19-22,24,26H,3-10,14,16-17,23,34H2,1-2H3,(H,35,36)(H,37,38). The molecule has 0 saturated carbocycles. The van der Waals surface area contributed by atoms with Crippen molar-refractivity contribution in [1.29, 1.82) is 0 Å². The third kappa shape index (κ3) is 7.36. The van der Waals surface area contributed by atoms with Crippen LogP contribution in [0.5, 0.6) is 0 Å². The Labute approximate surface area is 228 Å². The SMILES string of the molecule is CCCC(CCC)c1nc2c([nH]1)c(Nc1cccc(C#CCCCCCCCCN)c1)nc1ccccc12. The number of imidazole rings is 1. The Morgan fingerprint density at radius 3 is 2.45 bits per heavy atom. The van der Waals surface area contributed by atoms with Gasteiger partial charge in [0, 0.05) is 29.0 Å². The van der Waals surface area contributed by atoms with Gasteiger partial charge in [-0.15, -0.1) is 0 Å². The Morgan fingerprint density at radius 1 is 0.895 bits per heavy atom. The Balaban J connectivity index is 1.52. The highest BCUT2D eigenvalue weighted by Gasteiger charge is 2.18. The molecule has 2 aromatic heterocycles. The Kier molecular flexibility index (Phi) is 10.6. The molecule has 0 amide bonds. The first-order valence-electron chi connectivity index (χ1n) is 14.6. The van der Waals surface area contributed by atoms with E-state index in [1.165, 1.54) is 25.7 Å². The number of nitrogens with two attached hydrogens (primary N) is 1. The van der Waals surface area contributed by atoms with E-state index >= 15 is 0 Å². The minimum Gasteiger partial charge on any atom is -0.339 e. The highest BCUT2D eigenvalue weighted by molar-refractivity contribution is 6.07. The van der Waals surface area contributed by atoms with Crippen LogP contribution in [-0.4, -0.2) is 21.5 Å². The van der Waals surface area contributed by atoms with Crippen molar-refractivity contribution in [1.82, 2.24) is 15.0 Å². The minimum atomic E-state index is 0.438. The molecule has 200 valence electrons. The number of nitrogens with zero attached hydrogens (tertiary/aromatic N) is 2. The summed E-state index contributed by atoms with van der Waals surface area (Å²) < 4.78 is 0. The zero-order valence-electron chi connectivity index (χ0n) is 23.2. The van der Waals surface area contributed by atoms with E-state index in [2.05, 4.69) is 78.5 Å². The van der Waals surface area contributed by atoms with Crippen molar-refractivity contribution in [3.8, 4) is 11.8 Å². The summed E-state index contributed by atoms with van der Waals surface area (Å²) in [6.07, 6.45) is 12.9. The van der Waals surface area contributed by atoms with Crippen LogP contribution in [0.25, 0.3) is 21.9 Å². The normalized spacial score (nSPS) is 11.3. The van der Waals surface area contributed by atoms with Crippen LogP contribution in [0, 0.1) is 11.8 Å². The van der Waals surface area contributed by atoms with Crippen molar-refractivity contribution < 1.29 is 0 Å². The van der Waals surface area contributed by atoms with Crippen LogP contribution in [-0.2, 0) is 0 Å². The summed E-state index contributed by atoms with van der Waals surface area (Å²) in [5, 5.41) is 4.66. The molecule has 4 N–H and O–H groups in total. The van der Waals surface area contributed by atoms with Gasteiger partial charge >= 0.3 is 0 Å². The van der Waals surface area contributed by atoms with Crippen molar-refractivity contribution in [2.75, 3.05) is 11.9 Å². The molecule has 2 heterocycles. The highest BCUT2D eigenvalue weighted by atomic mass is 15.0. The molecule has 0 unspecified atom stereocenters. The molecule has 0 saturated heterocycles. The number of fused-ring (bicyclic) bond motifs is 3. The van der Waals surface area contributed by atoms with Gasteiger partial charge in [0.1, 0.15) is 16.9 Å². The maximum atomic E-state index is 5.57. The third-order valence-electron chi connectivity index (χ3n) is 7.13. The molecule has 0 aliphatic heterocycles. The number of anilines is 2. The molecule has 0 bridgehead atoms. The molecule has 0 atom stereocenters. The smallest absolute Gasteiger partial charge is 0.157 e. The molecule has 0 aliphatic rings. The minimum absolute atomic E-state index is 0.438. The number of benzene rings is 2. The van der Waals surface area contributed by atoms with E-state index in [1.54, 1.807) is 0 Å². The largest absolute Gasteiger partial charge is 0.339 e. The second-order valence-electron chi connectivity index (χ2n) is 10.3. The van der Waals surface area contributed by atoms with E-state index in [0.29, 0.717) is 5.92 Å². The molecule has 4 aromatic rings. The summed E-state index contributed by atoms with van der Waals surface area (Å²) in [6.45, 7) is 5.30. The second-order valence-corrected chi connectivity index (χ2v) is 10.3. The van der Waals surface area contributed by atoms with Gasteiger partial charge in [0.05, 0.1) is 5.52 Å². The third-order valence-corrected chi connectivity index (χ3v) is 7.13. The number of rotatable bonds is 14. The number of aromatic nitrogens is 3. The molecule has 0 fully saturated rings. The van der Waals surface area contributed by atoms with Crippen molar-refractivity contribution in [2.24, 2.45) is 5.73 Å². The van der Waals surface area contributed by atoms with Crippen LogP contribution < -0.4 is 11.1 Å². The summed E-state index contributed by atoms with van der Waals surface area (Å²) in [7, 11) is 0. The maximum absolute atomic E-state index is 5.57. The lowest BCUT2D eigenvalue weighted by Crippen LogP contribution is -2.00. The number of para-hydroxylation sites is 1. The van der Waals surface area contributed by atoms with Crippen LogP contribution in [0.1, 0.15) is 102 Å². The van der Waals surface area contributed by atoms with Gasteiger partial charge < -0.3 is 16.0 Å². The van der Waals surface area contributed by atoms with Gasteiger partial charge in [-0.2, -0.15) is 0 Å². The average Bonchev–Trinajstić information content (AvgIpc) is 3.39. The first-order valence-corrected chi connectivity index (χ1v) is 14.6. The van der Waals surface area contributed by atoms with Crippen LogP contribution in [0.4, 0.5) is 11.5 Å². The van der Waals surface area contributed by atoms with Crippen LogP contribution in [0.15, 0.2) is 48.5 Å². The Bertz CT molecular complexity index is 1350. The second kappa shape index (κ2) is 14.5. The van der Waals surface area contributed by atoms with Crippen molar-refractivity contribution in [3.05, 3.63) is 59.9 Å². The molecule has 0 radical (unpaired) electrons. The van der Waals surface area contributed by atoms with Gasteiger partial charge in [-0.05, 0) is 56.5 Å². The number of nitrogens with one attached hydrogen (secondary N) is 2. The fourth-order valence-corrected chi connectivity index (χ4v) is 5.14. The lowest BCUT2D eigenvalue weighted by Gasteiger charge is -2.11. The quantitative estimate of drug-likeness (QED) is 0.117. The van der Waals surface area contributed by atoms with Gasteiger partial charge in [-0.3, -0.25) is 0 Å². The van der Waals surface area contributed by atoms with Crippen molar-refractivity contribution in [2.45, 2.75) is 90.4 Å². The summed E-state index contributed by atoms with van der Waals surface area (Å²) in [5.74, 6) is 9.03. The lowest BCUT2D eigenvalue weighted by molar-refractivity contribution is 0.539. The molecule has 5 nitrogen and oxygen atoms in total. The molecule has 38 heavy (non-hydrogen) atoms. The monoisotopic (exact) mass is 509 g/mol. The van der Waals surface area contributed by atoms with Crippen LogP contribution in [0.2, 0.25) is 0 Å². The molecule has 0 aliphatic carbocycles. The van der Waals surface area contributed by atoms with Gasteiger partial charge in [-0.1, -0.05) is 88.5 Å². The summed E-state index contributed by atoms with van der Waals surface area (Å²) in [4.78, 5) is 13.8. The summed E-state index contributed by atoms with van der Waals surface area (Å²) >= 11 is 0. The van der Waals surface area contributed by atoms with Crippen molar-refractivity contribution in [3.63, 3.8) is 0 Å². The zero-order valence-corrected chi connectivity index (χ0v) is 23.2. The Morgan fingerprint density at radius 2 is 1.66 bits per heavy atom. The Hall–Kier alpha value is -3.36. The molecular formula is C33H43N5. The van der Waals surface area contributed by atoms with E-state index in [9.17, 15) is 0 Å². The van der Waals surface area contributed by atoms with Gasteiger partial charge in [0.25, 0.3) is 0 Å². The van der Waals surface area contributed by atoms with Crippen LogP contribution >= 0.6 is 0 Å². The number of unbranched alkanes of at least 4 members (excludes halogenated alkanes) is 6. The molecule has 5 heteroatoms. The predicted octanol–water partition coefficient (Wildman–Crippen LogP) is 8.58. The van der Waals surface area contributed by atoms with Gasteiger partial charge in [0.15, 0.2) is 5.82 Å². The van der Waals surface area contributed by atoms with E-state index in [0.717, 1.165) is 96.3 Å². The fraction of sp³-hybridized carbons (Fsp3) is 0.455. The molecule has 4 rings (SSSR count). The topological polar surface area (TPSA) is 79.6 Å². The maximum Gasteiger partial charge on any atom is 0.157 e. The zero-order chi connectivity index (χ0) is 26.6. The lowest BCUT2D eigenvalue weighted by atomic mass is 9.98. The average molecular weight is 510 g/mol. The van der Waals surface area contributed by atoms with E-state index in [4.69, 9.17) is 15.7 Å². The van der Waals surface area contributed by atoms with Gasteiger partial charge in [-0.25, -0.2) is 9.97 Å². The number of aromatic amines is 1. The van der Waals surface area contributed by atoms with E-state index < -0.39 is 0 Å².